The largest absolute Gasteiger partial charge is 0.494 e. The molecule has 0 aliphatic rings. The Balaban J connectivity index is 2.12. The van der Waals surface area contributed by atoms with Crippen LogP contribution in [0.2, 0.25) is 4.34 Å². The Kier molecular flexibility index (Phi) is 6.59. The molecule has 1 aromatic carbocycles. The van der Waals surface area contributed by atoms with Crippen LogP contribution in [-0.4, -0.2) is 32.8 Å². The van der Waals surface area contributed by atoms with Gasteiger partial charge in [0.05, 0.1) is 27.8 Å². The first-order chi connectivity index (χ1) is 12.9. The molecule has 2 heterocycles. The van der Waals surface area contributed by atoms with Gasteiger partial charge in [0.1, 0.15) is 9.96 Å². The highest BCUT2D eigenvalue weighted by molar-refractivity contribution is 7.92. The van der Waals surface area contributed by atoms with E-state index in [9.17, 15) is 8.42 Å². The highest BCUT2D eigenvalue weighted by Gasteiger charge is 2.17. The van der Waals surface area contributed by atoms with E-state index >= 15 is 0 Å². The van der Waals surface area contributed by atoms with Crippen molar-refractivity contribution in [1.82, 2.24) is 4.57 Å². The van der Waals surface area contributed by atoms with Crippen LogP contribution >= 0.6 is 34.3 Å². The zero-order chi connectivity index (χ0) is 19.4. The van der Waals surface area contributed by atoms with Crippen LogP contribution in [0.15, 0.2) is 38.9 Å². The minimum atomic E-state index is -3.84. The van der Waals surface area contributed by atoms with Crippen molar-refractivity contribution in [3.8, 4) is 5.75 Å². The van der Waals surface area contributed by atoms with E-state index in [0.717, 1.165) is 27.3 Å². The van der Waals surface area contributed by atoms with Gasteiger partial charge in [0.15, 0.2) is 0 Å². The molecule has 27 heavy (non-hydrogen) atoms. The van der Waals surface area contributed by atoms with Crippen LogP contribution in [0, 0.1) is 0 Å². The van der Waals surface area contributed by atoms with E-state index in [-0.39, 0.29) is 4.21 Å². The average Bonchev–Trinajstić information content (AvgIpc) is 3.19. The fraction of sp³-hybridized carbons (Fsp3) is 0.353. The molecule has 10 heteroatoms. The number of thiophene rings is 1. The van der Waals surface area contributed by atoms with E-state index in [4.69, 9.17) is 21.1 Å². The zero-order valence-electron chi connectivity index (χ0n) is 14.8. The number of sulfonamides is 1. The highest BCUT2D eigenvalue weighted by atomic mass is 35.5. The van der Waals surface area contributed by atoms with Crippen LogP contribution in [0.25, 0.3) is 10.2 Å². The van der Waals surface area contributed by atoms with Gasteiger partial charge in [-0.3, -0.25) is 0 Å². The molecule has 0 aliphatic heterocycles. The number of hydrogen-bond acceptors (Lipinski definition) is 6. The number of fused-ring (bicyclic) bond motifs is 1. The summed E-state index contributed by atoms with van der Waals surface area (Å²) in [6.07, 6.45) is 0. The van der Waals surface area contributed by atoms with Crippen LogP contribution in [0.1, 0.15) is 13.8 Å². The molecule has 0 atom stereocenters. The molecule has 3 rings (SSSR count). The maximum atomic E-state index is 12.7. The van der Waals surface area contributed by atoms with E-state index in [2.05, 4.69) is 4.40 Å². The normalized spacial score (nSPS) is 12.8. The van der Waals surface area contributed by atoms with Crippen LogP contribution in [0.3, 0.4) is 0 Å². The lowest BCUT2D eigenvalue weighted by Gasteiger charge is -2.06. The average molecular weight is 447 g/mol. The quantitative estimate of drug-likeness (QED) is 0.487. The molecule has 0 bridgehead atoms. The van der Waals surface area contributed by atoms with Gasteiger partial charge >= 0.3 is 0 Å². The van der Waals surface area contributed by atoms with E-state index in [1.165, 1.54) is 17.4 Å². The molecule has 0 fully saturated rings. The van der Waals surface area contributed by atoms with Crippen molar-refractivity contribution in [3.63, 3.8) is 0 Å². The molecule has 0 amide bonds. The predicted molar refractivity (Wildman–Crippen MR) is 110 cm³/mol. The van der Waals surface area contributed by atoms with Crippen molar-refractivity contribution in [1.29, 1.82) is 0 Å². The molecular formula is C17H19ClN2O4S3. The SMILES string of the molecule is CCOCCn1/c(=N/S(=O)(=O)c2ccc(Cl)s2)sc2cc(OCC)ccc21. The molecule has 0 saturated heterocycles. The summed E-state index contributed by atoms with van der Waals surface area (Å²) in [6.45, 7) is 5.96. The minimum Gasteiger partial charge on any atom is -0.494 e. The van der Waals surface area contributed by atoms with E-state index in [1.807, 2.05) is 36.6 Å². The number of aromatic nitrogens is 1. The molecule has 146 valence electrons. The first kappa shape index (κ1) is 20.3. The van der Waals surface area contributed by atoms with E-state index in [1.54, 1.807) is 6.07 Å². The molecule has 3 aromatic rings. The number of halogens is 1. The van der Waals surface area contributed by atoms with Gasteiger partial charge in [0.2, 0.25) is 4.80 Å². The number of ether oxygens (including phenoxy) is 2. The zero-order valence-corrected chi connectivity index (χ0v) is 18.1. The molecule has 6 nitrogen and oxygen atoms in total. The lowest BCUT2D eigenvalue weighted by atomic mass is 10.3. The van der Waals surface area contributed by atoms with Crippen LogP contribution < -0.4 is 9.54 Å². The molecule has 0 aliphatic carbocycles. The maximum Gasteiger partial charge on any atom is 0.294 e. The smallest absolute Gasteiger partial charge is 0.294 e. The molecular weight excluding hydrogens is 428 g/mol. The molecule has 0 unspecified atom stereocenters. The first-order valence-electron chi connectivity index (χ1n) is 8.35. The third kappa shape index (κ3) is 4.72. The Morgan fingerprint density at radius 3 is 2.63 bits per heavy atom. The van der Waals surface area contributed by atoms with Crippen molar-refractivity contribution >= 4 is 54.5 Å². The summed E-state index contributed by atoms with van der Waals surface area (Å²) in [5.41, 5.74) is 0.890. The third-order valence-corrected chi connectivity index (χ3v) is 7.75. The van der Waals surface area contributed by atoms with Crippen molar-refractivity contribution in [2.45, 2.75) is 24.6 Å². The van der Waals surface area contributed by atoms with Crippen molar-refractivity contribution in [3.05, 3.63) is 39.5 Å². The highest BCUT2D eigenvalue weighted by Crippen LogP contribution is 2.28. The van der Waals surface area contributed by atoms with Crippen LogP contribution in [0.4, 0.5) is 0 Å². The van der Waals surface area contributed by atoms with Crippen molar-refractivity contribution in [2.24, 2.45) is 4.40 Å². The minimum absolute atomic E-state index is 0.122. The van der Waals surface area contributed by atoms with Gasteiger partial charge in [-0.15, -0.1) is 15.7 Å². The van der Waals surface area contributed by atoms with Gasteiger partial charge in [-0.25, -0.2) is 0 Å². The van der Waals surface area contributed by atoms with E-state index < -0.39 is 10.0 Å². The number of rotatable bonds is 8. The topological polar surface area (TPSA) is 69.9 Å². The van der Waals surface area contributed by atoms with Gasteiger partial charge in [-0.2, -0.15) is 8.42 Å². The Hall–Kier alpha value is -1.39. The van der Waals surface area contributed by atoms with Crippen molar-refractivity contribution < 1.29 is 17.9 Å². The standard InChI is InChI=1S/C17H19ClN2O4S3/c1-3-23-10-9-20-13-6-5-12(24-4-2)11-14(13)25-17(20)19-27(21,22)16-8-7-15(18)26-16/h5-8,11H,3-4,9-10H2,1-2H3/b19-17-. The Morgan fingerprint density at radius 1 is 1.15 bits per heavy atom. The van der Waals surface area contributed by atoms with Crippen LogP contribution in [0.5, 0.6) is 5.75 Å². The Bertz CT molecular complexity index is 1100. The monoisotopic (exact) mass is 446 g/mol. The number of nitrogens with zero attached hydrogens (tertiary/aromatic N) is 2. The molecule has 0 spiro atoms. The lowest BCUT2D eigenvalue weighted by Crippen LogP contribution is -2.19. The molecule has 0 N–H and O–H groups in total. The second-order valence-corrected chi connectivity index (χ2v) is 9.98. The van der Waals surface area contributed by atoms with Gasteiger partial charge in [-0.1, -0.05) is 22.9 Å². The maximum absolute atomic E-state index is 12.7. The summed E-state index contributed by atoms with van der Waals surface area (Å²) < 4.78 is 43.7. The summed E-state index contributed by atoms with van der Waals surface area (Å²) in [4.78, 5) is 0.392. The molecule has 0 radical (unpaired) electrons. The van der Waals surface area contributed by atoms with Gasteiger partial charge in [0.25, 0.3) is 10.0 Å². The third-order valence-electron chi connectivity index (χ3n) is 3.63. The molecule has 2 aromatic heterocycles. The summed E-state index contributed by atoms with van der Waals surface area (Å²) in [7, 11) is -3.84. The van der Waals surface area contributed by atoms with Gasteiger partial charge < -0.3 is 14.0 Å². The summed E-state index contributed by atoms with van der Waals surface area (Å²) >= 11 is 8.17. The summed E-state index contributed by atoms with van der Waals surface area (Å²) in [5, 5.41) is 0. The molecule has 0 saturated carbocycles. The number of benzene rings is 1. The predicted octanol–water partition coefficient (Wildman–Crippen LogP) is 4.14. The summed E-state index contributed by atoms with van der Waals surface area (Å²) in [5.74, 6) is 0.739. The second-order valence-electron chi connectivity index (χ2n) is 5.42. The van der Waals surface area contributed by atoms with E-state index in [0.29, 0.717) is 35.5 Å². The van der Waals surface area contributed by atoms with Crippen LogP contribution in [-0.2, 0) is 21.3 Å². The number of thiazole rings is 1. The fourth-order valence-electron chi connectivity index (χ4n) is 2.48. The van der Waals surface area contributed by atoms with Crippen molar-refractivity contribution in [2.75, 3.05) is 19.8 Å². The van der Waals surface area contributed by atoms with Gasteiger partial charge in [-0.05, 0) is 44.2 Å². The second kappa shape index (κ2) is 8.74. The Labute approximate surface area is 170 Å². The summed E-state index contributed by atoms with van der Waals surface area (Å²) in [6, 6.07) is 8.70. The Morgan fingerprint density at radius 2 is 1.96 bits per heavy atom. The fourth-order valence-corrected chi connectivity index (χ4v) is 6.23. The lowest BCUT2D eigenvalue weighted by molar-refractivity contribution is 0.139. The number of hydrogen-bond donors (Lipinski definition) is 0. The van der Waals surface area contributed by atoms with Gasteiger partial charge in [0, 0.05) is 13.2 Å². The first-order valence-corrected chi connectivity index (χ1v) is 11.8.